The molecule has 1 aliphatic carbocycles. The third-order valence-corrected chi connectivity index (χ3v) is 6.01. The number of likely N-dealkylation sites (tertiary alicyclic amines) is 1. The second kappa shape index (κ2) is 5.37. The molecule has 1 aromatic rings. The van der Waals surface area contributed by atoms with Crippen LogP contribution in [0.2, 0.25) is 0 Å². The Labute approximate surface area is 125 Å². The molecule has 2 aliphatic heterocycles. The summed E-state index contributed by atoms with van der Waals surface area (Å²) in [5.41, 5.74) is 0. The van der Waals surface area contributed by atoms with E-state index in [2.05, 4.69) is 32.9 Å². The standard InChI is InChI=1S/C15H24N4S/c1-17-4-6-19(7-5-17)13-9-18(10-13)11-14-8-16-15(20-14)12-2-3-12/h8,12-13H,2-7,9-11H2,1H3. The molecule has 1 saturated carbocycles. The van der Waals surface area contributed by atoms with Gasteiger partial charge in [0, 0.05) is 68.8 Å². The Balaban J connectivity index is 1.24. The number of piperazine rings is 1. The highest BCUT2D eigenvalue weighted by Crippen LogP contribution is 2.42. The van der Waals surface area contributed by atoms with E-state index < -0.39 is 0 Å². The van der Waals surface area contributed by atoms with Crippen LogP contribution in [0.1, 0.15) is 28.6 Å². The molecule has 0 N–H and O–H groups in total. The molecule has 110 valence electrons. The van der Waals surface area contributed by atoms with E-state index in [9.17, 15) is 0 Å². The predicted octanol–water partition coefficient (Wildman–Crippen LogP) is 1.45. The van der Waals surface area contributed by atoms with Crippen molar-refractivity contribution in [2.75, 3.05) is 46.3 Å². The molecule has 5 heteroatoms. The van der Waals surface area contributed by atoms with E-state index in [-0.39, 0.29) is 0 Å². The molecule has 0 radical (unpaired) electrons. The Morgan fingerprint density at radius 3 is 2.65 bits per heavy atom. The number of hydrogen-bond acceptors (Lipinski definition) is 5. The van der Waals surface area contributed by atoms with Crippen molar-refractivity contribution in [1.29, 1.82) is 0 Å². The van der Waals surface area contributed by atoms with Gasteiger partial charge in [-0.25, -0.2) is 4.98 Å². The van der Waals surface area contributed by atoms with Gasteiger partial charge >= 0.3 is 0 Å². The van der Waals surface area contributed by atoms with Crippen LogP contribution in [0.15, 0.2) is 6.20 Å². The third kappa shape index (κ3) is 2.77. The molecule has 0 aromatic carbocycles. The van der Waals surface area contributed by atoms with E-state index in [0.717, 1.165) is 18.5 Å². The van der Waals surface area contributed by atoms with E-state index in [1.54, 1.807) is 0 Å². The fourth-order valence-electron chi connectivity index (χ4n) is 3.22. The summed E-state index contributed by atoms with van der Waals surface area (Å²) in [4.78, 5) is 13.7. The summed E-state index contributed by atoms with van der Waals surface area (Å²) in [6.45, 7) is 8.59. The molecule has 1 aromatic heterocycles. The van der Waals surface area contributed by atoms with Gasteiger partial charge in [0.25, 0.3) is 0 Å². The van der Waals surface area contributed by atoms with Crippen molar-refractivity contribution in [2.45, 2.75) is 31.3 Å². The monoisotopic (exact) mass is 292 g/mol. The topological polar surface area (TPSA) is 22.6 Å². The van der Waals surface area contributed by atoms with Gasteiger partial charge in [-0.15, -0.1) is 11.3 Å². The average molecular weight is 292 g/mol. The highest BCUT2D eigenvalue weighted by atomic mass is 32.1. The number of thiazole rings is 1. The Morgan fingerprint density at radius 1 is 1.20 bits per heavy atom. The van der Waals surface area contributed by atoms with Crippen molar-refractivity contribution in [1.82, 2.24) is 19.7 Å². The van der Waals surface area contributed by atoms with Crippen LogP contribution in [-0.4, -0.2) is 72.0 Å². The Bertz CT molecular complexity index is 456. The van der Waals surface area contributed by atoms with Crippen LogP contribution in [-0.2, 0) is 6.54 Å². The van der Waals surface area contributed by atoms with Gasteiger partial charge in [0.2, 0.25) is 0 Å². The van der Waals surface area contributed by atoms with Crippen LogP contribution in [0.4, 0.5) is 0 Å². The van der Waals surface area contributed by atoms with Crippen molar-refractivity contribution in [2.24, 2.45) is 0 Å². The summed E-state index contributed by atoms with van der Waals surface area (Å²) in [5, 5.41) is 1.39. The quantitative estimate of drug-likeness (QED) is 0.838. The Kier molecular flexibility index (Phi) is 3.54. The summed E-state index contributed by atoms with van der Waals surface area (Å²) in [5.74, 6) is 0.809. The average Bonchev–Trinajstić information content (AvgIpc) is 3.15. The summed E-state index contributed by atoms with van der Waals surface area (Å²) >= 11 is 1.95. The fourth-order valence-corrected chi connectivity index (χ4v) is 4.35. The van der Waals surface area contributed by atoms with E-state index >= 15 is 0 Å². The van der Waals surface area contributed by atoms with E-state index in [1.165, 1.54) is 62.0 Å². The van der Waals surface area contributed by atoms with Crippen LogP contribution in [0, 0.1) is 0 Å². The van der Waals surface area contributed by atoms with Gasteiger partial charge in [0.05, 0.1) is 5.01 Å². The van der Waals surface area contributed by atoms with Crippen molar-refractivity contribution in [3.63, 3.8) is 0 Å². The molecule has 3 heterocycles. The number of aromatic nitrogens is 1. The smallest absolute Gasteiger partial charge is 0.0959 e. The molecule has 0 amide bonds. The molecule has 2 saturated heterocycles. The predicted molar refractivity (Wildman–Crippen MR) is 82.2 cm³/mol. The highest BCUT2D eigenvalue weighted by molar-refractivity contribution is 7.11. The summed E-state index contributed by atoms with van der Waals surface area (Å²) in [6.07, 6.45) is 4.84. The SMILES string of the molecule is CN1CCN(C2CN(Cc3cnc(C4CC4)s3)C2)CC1. The highest BCUT2D eigenvalue weighted by Gasteiger charge is 2.33. The van der Waals surface area contributed by atoms with Crippen LogP contribution in [0.5, 0.6) is 0 Å². The van der Waals surface area contributed by atoms with E-state index in [0.29, 0.717) is 0 Å². The molecule has 4 rings (SSSR count). The molecule has 3 aliphatic rings. The lowest BCUT2D eigenvalue weighted by molar-refractivity contribution is 0.00591. The van der Waals surface area contributed by atoms with Crippen LogP contribution in [0.3, 0.4) is 0 Å². The van der Waals surface area contributed by atoms with Crippen molar-refractivity contribution < 1.29 is 0 Å². The molecular weight excluding hydrogens is 268 g/mol. The van der Waals surface area contributed by atoms with Gasteiger partial charge in [-0.1, -0.05) is 0 Å². The first-order valence-electron chi connectivity index (χ1n) is 7.87. The largest absolute Gasteiger partial charge is 0.304 e. The van der Waals surface area contributed by atoms with Gasteiger partial charge in [0.15, 0.2) is 0 Å². The zero-order valence-electron chi connectivity index (χ0n) is 12.3. The van der Waals surface area contributed by atoms with Crippen molar-refractivity contribution in [3.05, 3.63) is 16.1 Å². The first kappa shape index (κ1) is 13.2. The Hall–Kier alpha value is -0.490. The van der Waals surface area contributed by atoms with Gasteiger partial charge in [-0.05, 0) is 19.9 Å². The van der Waals surface area contributed by atoms with Crippen LogP contribution in [0.25, 0.3) is 0 Å². The normalized spacial score (nSPS) is 26.9. The van der Waals surface area contributed by atoms with Crippen LogP contribution < -0.4 is 0 Å². The second-order valence-corrected chi connectivity index (χ2v) is 7.77. The zero-order valence-corrected chi connectivity index (χ0v) is 13.1. The number of nitrogens with zero attached hydrogens (tertiary/aromatic N) is 4. The van der Waals surface area contributed by atoms with Gasteiger partial charge in [0.1, 0.15) is 0 Å². The van der Waals surface area contributed by atoms with E-state index in [1.807, 2.05) is 11.3 Å². The molecule has 0 atom stereocenters. The molecule has 20 heavy (non-hydrogen) atoms. The molecule has 3 fully saturated rings. The van der Waals surface area contributed by atoms with Gasteiger partial charge in [-0.3, -0.25) is 9.80 Å². The fraction of sp³-hybridized carbons (Fsp3) is 0.800. The maximum absolute atomic E-state index is 4.58. The van der Waals surface area contributed by atoms with Crippen molar-refractivity contribution in [3.8, 4) is 0 Å². The molecule has 4 nitrogen and oxygen atoms in total. The lowest BCUT2D eigenvalue weighted by atomic mass is 10.1. The van der Waals surface area contributed by atoms with E-state index in [4.69, 9.17) is 0 Å². The summed E-state index contributed by atoms with van der Waals surface area (Å²) in [7, 11) is 2.23. The lowest BCUT2D eigenvalue weighted by Crippen LogP contribution is -2.62. The number of likely N-dealkylation sites (N-methyl/N-ethyl adjacent to an activating group) is 1. The minimum absolute atomic E-state index is 0.805. The molecule has 0 bridgehead atoms. The first-order chi connectivity index (χ1) is 9.78. The second-order valence-electron chi connectivity index (χ2n) is 6.63. The summed E-state index contributed by atoms with van der Waals surface area (Å²) in [6, 6.07) is 0.805. The van der Waals surface area contributed by atoms with Gasteiger partial charge in [-0.2, -0.15) is 0 Å². The minimum atomic E-state index is 0.805. The van der Waals surface area contributed by atoms with Crippen molar-refractivity contribution >= 4 is 11.3 Å². The third-order valence-electron chi connectivity index (χ3n) is 4.87. The lowest BCUT2D eigenvalue weighted by Gasteiger charge is -2.47. The number of rotatable bonds is 4. The minimum Gasteiger partial charge on any atom is -0.304 e. The molecule has 0 unspecified atom stereocenters. The van der Waals surface area contributed by atoms with Gasteiger partial charge < -0.3 is 4.90 Å². The maximum atomic E-state index is 4.58. The number of hydrogen-bond donors (Lipinski definition) is 0. The molecule has 0 spiro atoms. The maximum Gasteiger partial charge on any atom is 0.0959 e. The summed E-state index contributed by atoms with van der Waals surface area (Å²) < 4.78 is 0. The Morgan fingerprint density at radius 2 is 1.95 bits per heavy atom. The van der Waals surface area contributed by atoms with Crippen LogP contribution >= 0.6 is 11.3 Å². The first-order valence-corrected chi connectivity index (χ1v) is 8.69. The zero-order chi connectivity index (χ0) is 13.5. The molecular formula is C15H24N4S.